The molecule has 1 aliphatic heterocycles. The Hall–Kier alpha value is -1.04. The molecule has 2 heterocycles. The number of piperidine rings is 1. The highest BCUT2D eigenvalue weighted by Crippen LogP contribution is 2.37. The Labute approximate surface area is 206 Å². The van der Waals surface area contributed by atoms with E-state index >= 15 is 0 Å². The Morgan fingerprint density at radius 2 is 1.78 bits per heavy atom. The maximum Gasteiger partial charge on any atom is 0.391 e. The highest BCUT2D eigenvalue weighted by molar-refractivity contribution is 14.0. The molecule has 0 radical (unpaired) electrons. The van der Waals surface area contributed by atoms with Crippen LogP contribution < -0.4 is 10.6 Å². The zero-order valence-electron chi connectivity index (χ0n) is 19.3. The van der Waals surface area contributed by atoms with Crippen LogP contribution in [0.5, 0.6) is 0 Å². The Morgan fingerprint density at radius 3 is 2.31 bits per heavy atom. The molecule has 1 saturated carbocycles. The van der Waals surface area contributed by atoms with Gasteiger partial charge in [0, 0.05) is 19.1 Å². The number of rotatable bonds is 6. The highest BCUT2D eigenvalue weighted by atomic mass is 127. The number of nitrogens with one attached hydrogen (secondary N) is 2. The number of aromatic nitrogens is 1. The number of hydrogen-bond acceptors (Lipinski definition) is 4. The van der Waals surface area contributed by atoms with E-state index in [0.29, 0.717) is 18.8 Å². The van der Waals surface area contributed by atoms with E-state index in [-0.39, 0.29) is 42.9 Å². The normalized spacial score (nSPS) is 23.6. The lowest BCUT2D eigenvalue weighted by molar-refractivity contribution is -0.182. The van der Waals surface area contributed by atoms with Gasteiger partial charge in [0.2, 0.25) is 5.89 Å². The van der Waals surface area contributed by atoms with Gasteiger partial charge < -0.3 is 15.1 Å². The molecule has 2 N–H and O–H groups in total. The second-order valence-corrected chi connectivity index (χ2v) is 8.92. The van der Waals surface area contributed by atoms with E-state index in [2.05, 4.69) is 20.5 Å². The van der Waals surface area contributed by atoms with E-state index in [4.69, 9.17) is 9.41 Å². The van der Waals surface area contributed by atoms with Crippen LogP contribution in [-0.2, 0) is 6.54 Å². The van der Waals surface area contributed by atoms with Crippen molar-refractivity contribution < 1.29 is 17.6 Å². The fourth-order valence-electron chi connectivity index (χ4n) is 4.42. The van der Waals surface area contributed by atoms with Crippen molar-refractivity contribution in [1.29, 1.82) is 0 Å². The van der Waals surface area contributed by atoms with Gasteiger partial charge in [-0.3, -0.25) is 9.89 Å². The van der Waals surface area contributed by atoms with E-state index in [1.54, 1.807) is 0 Å². The van der Waals surface area contributed by atoms with Crippen molar-refractivity contribution >= 4 is 29.9 Å². The maximum absolute atomic E-state index is 12.9. The Kier molecular flexibility index (Phi) is 10.6. The lowest BCUT2D eigenvalue weighted by Gasteiger charge is -2.32. The number of likely N-dealkylation sites (tertiary alicyclic amines) is 1. The summed E-state index contributed by atoms with van der Waals surface area (Å²) in [4.78, 5) is 11.6. The molecule has 3 rings (SSSR count). The van der Waals surface area contributed by atoms with E-state index in [9.17, 15) is 13.2 Å². The summed E-state index contributed by atoms with van der Waals surface area (Å²) in [5.41, 5.74) is 0.953. The number of guanidine groups is 1. The van der Waals surface area contributed by atoms with Crippen LogP contribution in [0.25, 0.3) is 0 Å². The summed E-state index contributed by atoms with van der Waals surface area (Å²) >= 11 is 0. The van der Waals surface area contributed by atoms with Crippen molar-refractivity contribution in [3.63, 3.8) is 0 Å². The summed E-state index contributed by atoms with van der Waals surface area (Å²) in [5, 5.41) is 6.60. The van der Waals surface area contributed by atoms with E-state index < -0.39 is 12.1 Å². The van der Waals surface area contributed by atoms with Crippen LogP contribution >= 0.6 is 24.0 Å². The molecule has 0 bridgehead atoms. The van der Waals surface area contributed by atoms with Crippen LogP contribution in [-0.4, -0.2) is 54.2 Å². The number of hydrogen-bond donors (Lipinski definition) is 2. The molecule has 1 saturated heterocycles. The Bertz CT molecular complexity index is 704. The first-order valence-corrected chi connectivity index (χ1v) is 11.5. The number of halogens is 4. The van der Waals surface area contributed by atoms with Crippen LogP contribution in [0.2, 0.25) is 0 Å². The predicted molar refractivity (Wildman–Crippen MR) is 130 cm³/mol. The number of nitrogens with zero attached hydrogens (tertiary/aromatic N) is 3. The molecule has 2 aliphatic rings. The number of oxazole rings is 1. The van der Waals surface area contributed by atoms with Gasteiger partial charge in [0.05, 0.1) is 18.2 Å². The van der Waals surface area contributed by atoms with Crippen LogP contribution in [0.15, 0.2) is 9.41 Å². The third-order valence-electron chi connectivity index (χ3n) is 6.52. The zero-order chi connectivity index (χ0) is 22.4. The molecular formula is C22H37F3IN5O. The lowest BCUT2D eigenvalue weighted by atomic mass is 9.85. The molecule has 0 atom stereocenters. The van der Waals surface area contributed by atoms with Gasteiger partial charge >= 0.3 is 6.18 Å². The molecule has 2 fully saturated rings. The molecule has 10 heteroatoms. The van der Waals surface area contributed by atoms with Gasteiger partial charge in [-0.15, -0.1) is 24.0 Å². The number of aliphatic imine (C=N–C) groups is 1. The molecule has 32 heavy (non-hydrogen) atoms. The van der Waals surface area contributed by atoms with E-state index in [1.165, 1.54) is 0 Å². The fraction of sp³-hybridized carbons (Fsp3) is 0.818. The lowest BCUT2D eigenvalue weighted by Crippen LogP contribution is -2.46. The number of aryl methyl sites for hydroxylation is 2. The SMILES string of the molecule is CCNC(=NCC1CCN(Cc2nc(C)c(C)o2)CC1)NC1CCC(C(F)(F)F)CC1.I. The van der Waals surface area contributed by atoms with Gasteiger partial charge in [-0.25, -0.2) is 4.98 Å². The first-order valence-electron chi connectivity index (χ1n) is 11.5. The number of alkyl halides is 3. The zero-order valence-corrected chi connectivity index (χ0v) is 21.6. The maximum atomic E-state index is 12.9. The smallest absolute Gasteiger partial charge is 0.391 e. The first kappa shape index (κ1) is 27.2. The van der Waals surface area contributed by atoms with Crippen LogP contribution in [0.3, 0.4) is 0 Å². The van der Waals surface area contributed by atoms with Crippen molar-refractivity contribution in [1.82, 2.24) is 20.5 Å². The van der Waals surface area contributed by atoms with E-state index in [1.807, 2.05) is 20.8 Å². The summed E-state index contributed by atoms with van der Waals surface area (Å²) in [5.74, 6) is 1.76. The second kappa shape index (κ2) is 12.4. The average molecular weight is 571 g/mol. The van der Waals surface area contributed by atoms with Gasteiger partial charge in [0.1, 0.15) is 5.76 Å². The molecule has 0 spiro atoms. The van der Waals surface area contributed by atoms with Gasteiger partial charge in [0.25, 0.3) is 0 Å². The quantitative estimate of drug-likeness (QED) is 0.292. The topological polar surface area (TPSA) is 65.7 Å². The minimum absolute atomic E-state index is 0. The highest BCUT2D eigenvalue weighted by Gasteiger charge is 2.41. The third-order valence-corrected chi connectivity index (χ3v) is 6.52. The van der Waals surface area contributed by atoms with Crippen LogP contribution in [0, 0.1) is 25.7 Å². The van der Waals surface area contributed by atoms with Gasteiger partial charge in [0.15, 0.2) is 5.96 Å². The Balaban J connectivity index is 0.00000363. The standard InChI is InChI=1S/C22H36F3N5O.HI/c1-4-26-21(29-19-7-5-18(6-8-19)22(23,24)25)27-13-17-9-11-30(12-10-17)14-20-28-15(2)16(3)31-20;/h17-19H,4-14H2,1-3H3,(H2,26,27,29);1H. The van der Waals surface area contributed by atoms with Gasteiger partial charge in [-0.1, -0.05) is 0 Å². The fourth-order valence-corrected chi connectivity index (χ4v) is 4.42. The summed E-state index contributed by atoms with van der Waals surface area (Å²) in [6.45, 7) is 10.1. The summed E-state index contributed by atoms with van der Waals surface area (Å²) in [7, 11) is 0. The molecule has 1 aromatic heterocycles. The molecule has 0 unspecified atom stereocenters. The van der Waals surface area contributed by atoms with Crippen molar-refractivity contribution in [2.45, 2.75) is 78.1 Å². The van der Waals surface area contributed by atoms with Crippen molar-refractivity contribution in [3.05, 3.63) is 17.3 Å². The minimum Gasteiger partial charge on any atom is -0.444 e. The van der Waals surface area contributed by atoms with E-state index in [0.717, 1.165) is 68.9 Å². The predicted octanol–water partition coefficient (Wildman–Crippen LogP) is 4.80. The molecule has 0 amide bonds. The summed E-state index contributed by atoms with van der Waals surface area (Å²) in [6, 6.07) is 0.0611. The van der Waals surface area contributed by atoms with Gasteiger partial charge in [-0.05, 0) is 78.3 Å². The molecule has 6 nitrogen and oxygen atoms in total. The average Bonchev–Trinajstić information content (AvgIpc) is 3.04. The second-order valence-electron chi connectivity index (χ2n) is 8.92. The van der Waals surface area contributed by atoms with Crippen molar-refractivity contribution in [2.75, 3.05) is 26.2 Å². The molecule has 1 aromatic rings. The van der Waals surface area contributed by atoms with Crippen molar-refractivity contribution in [2.24, 2.45) is 16.8 Å². The first-order chi connectivity index (χ1) is 14.7. The molecular weight excluding hydrogens is 534 g/mol. The van der Waals surface area contributed by atoms with Gasteiger partial charge in [-0.2, -0.15) is 13.2 Å². The molecule has 0 aromatic carbocycles. The Morgan fingerprint density at radius 1 is 1.12 bits per heavy atom. The monoisotopic (exact) mass is 571 g/mol. The summed E-state index contributed by atoms with van der Waals surface area (Å²) < 4.78 is 44.3. The van der Waals surface area contributed by atoms with Crippen LogP contribution in [0.1, 0.15) is 62.8 Å². The molecule has 184 valence electrons. The van der Waals surface area contributed by atoms with Crippen LogP contribution in [0.4, 0.5) is 13.2 Å². The van der Waals surface area contributed by atoms with Crippen molar-refractivity contribution in [3.8, 4) is 0 Å². The third kappa shape index (κ3) is 8.07. The minimum atomic E-state index is -4.07. The molecule has 1 aliphatic carbocycles. The summed E-state index contributed by atoms with van der Waals surface area (Å²) in [6.07, 6.45) is -0.468. The largest absolute Gasteiger partial charge is 0.444 e.